The summed E-state index contributed by atoms with van der Waals surface area (Å²) in [7, 11) is 0. The fraction of sp³-hybridized carbons (Fsp3) is 0.286. The molecule has 0 aliphatic carbocycles. The number of hydrogen-bond acceptors (Lipinski definition) is 2. The predicted octanol–water partition coefficient (Wildman–Crippen LogP) is 1.78. The summed E-state index contributed by atoms with van der Waals surface area (Å²) in [5, 5.41) is 0. The van der Waals surface area contributed by atoms with Crippen molar-refractivity contribution in [1.29, 1.82) is 0 Å². The van der Waals surface area contributed by atoms with Crippen LogP contribution in [-0.2, 0) is 6.42 Å². The Bertz CT molecular complexity index is 262. The molecule has 0 spiro atoms. The largest absolute Gasteiger partial charge is 0.492 e. The second-order valence-electron chi connectivity index (χ2n) is 2.21. The zero-order valence-corrected chi connectivity index (χ0v) is 6.89. The van der Waals surface area contributed by atoms with E-state index in [1.165, 1.54) is 5.56 Å². The van der Waals surface area contributed by atoms with Crippen LogP contribution in [0.1, 0.15) is 5.56 Å². The van der Waals surface area contributed by atoms with E-state index in [9.17, 15) is 0 Å². The number of fused-ring (bicyclic) bond motifs is 1. The summed E-state index contributed by atoms with van der Waals surface area (Å²) in [6, 6.07) is 0. The molecule has 0 saturated heterocycles. The highest BCUT2D eigenvalue weighted by atomic mass is 79.9. The highest BCUT2D eigenvalue weighted by Gasteiger charge is 2.14. The quantitative estimate of drug-likeness (QED) is 0.636. The lowest BCUT2D eigenvalue weighted by Crippen LogP contribution is -1.86. The molecule has 0 aromatic carbocycles. The van der Waals surface area contributed by atoms with Crippen LogP contribution in [0.4, 0.5) is 0 Å². The summed E-state index contributed by atoms with van der Waals surface area (Å²) in [4.78, 5) is 4.03. The van der Waals surface area contributed by atoms with Crippen molar-refractivity contribution in [2.45, 2.75) is 6.42 Å². The van der Waals surface area contributed by atoms with E-state index in [0.29, 0.717) is 0 Å². The van der Waals surface area contributed by atoms with Crippen LogP contribution in [0.2, 0.25) is 0 Å². The molecule has 1 aliphatic heterocycles. The molecule has 1 aromatic heterocycles. The first-order valence-corrected chi connectivity index (χ1v) is 3.92. The molecule has 52 valence electrons. The van der Waals surface area contributed by atoms with Crippen molar-refractivity contribution >= 4 is 15.9 Å². The molecular formula is C7H6BrNO. The van der Waals surface area contributed by atoms with Gasteiger partial charge in [-0.2, -0.15) is 0 Å². The van der Waals surface area contributed by atoms with Crippen molar-refractivity contribution in [3.63, 3.8) is 0 Å². The van der Waals surface area contributed by atoms with Crippen LogP contribution < -0.4 is 4.74 Å². The zero-order valence-electron chi connectivity index (χ0n) is 5.30. The maximum Gasteiger partial charge on any atom is 0.139 e. The molecule has 1 aliphatic rings. The number of rotatable bonds is 0. The molecule has 1 aromatic rings. The van der Waals surface area contributed by atoms with Gasteiger partial charge in [-0.05, 0) is 15.9 Å². The minimum atomic E-state index is 0.791. The van der Waals surface area contributed by atoms with Crippen LogP contribution in [0.15, 0.2) is 16.9 Å². The van der Waals surface area contributed by atoms with Gasteiger partial charge in [0.05, 0.1) is 11.1 Å². The number of aromatic nitrogens is 1. The van der Waals surface area contributed by atoms with Gasteiger partial charge in [0, 0.05) is 24.4 Å². The van der Waals surface area contributed by atoms with Crippen molar-refractivity contribution in [2.75, 3.05) is 6.61 Å². The van der Waals surface area contributed by atoms with Crippen LogP contribution in [-0.4, -0.2) is 11.6 Å². The number of pyridine rings is 1. The average Bonchev–Trinajstić information content (AvgIpc) is 2.36. The van der Waals surface area contributed by atoms with Crippen molar-refractivity contribution in [3.05, 3.63) is 22.4 Å². The van der Waals surface area contributed by atoms with E-state index in [-0.39, 0.29) is 0 Å². The van der Waals surface area contributed by atoms with E-state index in [1.54, 1.807) is 6.20 Å². The minimum absolute atomic E-state index is 0.791. The maximum atomic E-state index is 5.34. The average molecular weight is 200 g/mol. The van der Waals surface area contributed by atoms with Crippen LogP contribution in [0.5, 0.6) is 5.75 Å². The van der Waals surface area contributed by atoms with Crippen LogP contribution >= 0.6 is 15.9 Å². The third-order valence-corrected chi connectivity index (χ3v) is 2.11. The molecule has 3 heteroatoms. The Labute approximate surface area is 67.4 Å². The van der Waals surface area contributed by atoms with E-state index >= 15 is 0 Å². The molecule has 0 radical (unpaired) electrons. The highest BCUT2D eigenvalue weighted by molar-refractivity contribution is 9.10. The lowest BCUT2D eigenvalue weighted by atomic mass is 10.2. The monoisotopic (exact) mass is 199 g/mol. The van der Waals surface area contributed by atoms with Gasteiger partial charge in [0.1, 0.15) is 5.75 Å². The van der Waals surface area contributed by atoms with Gasteiger partial charge >= 0.3 is 0 Å². The SMILES string of the molecule is Brc1cncc2c1OCC2. The van der Waals surface area contributed by atoms with E-state index in [2.05, 4.69) is 20.9 Å². The number of halogens is 1. The molecule has 2 rings (SSSR count). The Hall–Kier alpha value is -0.570. The summed E-state index contributed by atoms with van der Waals surface area (Å²) in [5.41, 5.74) is 1.20. The second kappa shape index (κ2) is 2.23. The topological polar surface area (TPSA) is 22.1 Å². The van der Waals surface area contributed by atoms with Gasteiger partial charge in [0.25, 0.3) is 0 Å². The summed E-state index contributed by atoms with van der Waals surface area (Å²) < 4.78 is 6.30. The van der Waals surface area contributed by atoms with Crippen molar-refractivity contribution < 1.29 is 4.74 Å². The van der Waals surface area contributed by atoms with Crippen molar-refractivity contribution in [3.8, 4) is 5.75 Å². The molecule has 0 N–H and O–H groups in total. The molecule has 0 atom stereocenters. The fourth-order valence-electron chi connectivity index (χ4n) is 1.07. The Morgan fingerprint density at radius 2 is 2.40 bits per heavy atom. The first-order valence-electron chi connectivity index (χ1n) is 3.13. The minimum Gasteiger partial charge on any atom is -0.492 e. The van der Waals surface area contributed by atoms with Crippen molar-refractivity contribution in [1.82, 2.24) is 4.98 Å². The molecule has 10 heavy (non-hydrogen) atoms. The summed E-state index contributed by atoms with van der Waals surface area (Å²) >= 11 is 3.36. The Morgan fingerprint density at radius 3 is 3.20 bits per heavy atom. The molecule has 2 nitrogen and oxygen atoms in total. The normalized spacial score (nSPS) is 14.5. The third-order valence-electron chi connectivity index (χ3n) is 1.54. The number of nitrogens with zero attached hydrogens (tertiary/aromatic N) is 1. The number of ether oxygens (including phenoxy) is 1. The lowest BCUT2D eigenvalue weighted by Gasteiger charge is -1.98. The number of hydrogen-bond donors (Lipinski definition) is 0. The Morgan fingerprint density at radius 1 is 1.50 bits per heavy atom. The third kappa shape index (κ3) is 0.814. The maximum absolute atomic E-state index is 5.34. The van der Waals surface area contributed by atoms with Gasteiger partial charge in [-0.15, -0.1) is 0 Å². The van der Waals surface area contributed by atoms with E-state index in [4.69, 9.17) is 4.74 Å². The Kier molecular flexibility index (Phi) is 1.38. The first-order chi connectivity index (χ1) is 4.88. The summed E-state index contributed by atoms with van der Waals surface area (Å²) in [6.07, 6.45) is 4.60. The smallest absolute Gasteiger partial charge is 0.139 e. The Balaban J connectivity index is 2.59. The fourth-order valence-corrected chi connectivity index (χ4v) is 1.55. The molecule has 0 fully saturated rings. The lowest BCUT2D eigenvalue weighted by molar-refractivity contribution is 0.355. The molecule has 0 bridgehead atoms. The molecule has 0 amide bonds. The van der Waals surface area contributed by atoms with Gasteiger partial charge in [-0.3, -0.25) is 4.98 Å². The summed E-state index contributed by atoms with van der Waals surface area (Å²) in [5.74, 6) is 0.968. The van der Waals surface area contributed by atoms with E-state index in [0.717, 1.165) is 23.2 Å². The predicted molar refractivity (Wildman–Crippen MR) is 41.1 cm³/mol. The standard InChI is InChI=1S/C7H6BrNO/c8-6-4-9-3-5-1-2-10-7(5)6/h3-4H,1-2H2. The molecule has 2 heterocycles. The van der Waals surface area contributed by atoms with Crippen LogP contribution in [0.25, 0.3) is 0 Å². The van der Waals surface area contributed by atoms with Gasteiger partial charge in [-0.1, -0.05) is 0 Å². The van der Waals surface area contributed by atoms with Crippen molar-refractivity contribution in [2.24, 2.45) is 0 Å². The van der Waals surface area contributed by atoms with Gasteiger partial charge in [0.2, 0.25) is 0 Å². The molecule has 0 saturated carbocycles. The molecular weight excluding hydrogens is 194 g/mol. The zero-order chi connectivity index (χ0) is 6.97. The second-order valence-corrected chi connectivity index (χ2v) is 3.06. The van der Waals surface area contributed by atoms with Crippen LogP contribution in [0, 0.1) is 0 Å². The van der Waals surface area contributed by atoms with Gasteiger partial charge in [-0.25, -0.2) is 0 Å². The first kappa shape index (κ1) is 6.16. The van der Waals surface area contributed by atoms with Gasteiger partial charge < -0.3 is 4.74 Å². The molecule has 0 unspecified atom stereocenters. The van der Waals surface area contributed by atoms with Gasteiger partial charge in [0.15, 0.2) is 0 Å². The van der Waals surface area contributed by atoms with E-state index < -0.39 is 0 Å². The van der Waals surface area contributed by atoms with Crippen LogP contribution in [0.3, 0.4) is 0 Å². The van der Waals surface area contributed by atoms with E-state index in [1.807, 2.05) is 6.20 Å². The summed E-state index contributed by atoms with van der Waals surface area (Å²) in [6.45, 7) is 0.791. The highest BCUT2D eigenvalue weighted by Crippen LogP contribution is 2.31.